The number of fused-ring (bicyclic) bond motifs is 3. The molecule has 9 heteroatoms. The van der Waals surface area contributed by atoms with Gasteiger partial charge in [-0.15, -0.1) is 0 Å². The molecular weight excluding hydrogens is 428 g/mol. The summed E-state index contributed by atoms with van der Waals surface area (Å²) in [6, 6.07) is 16.1. The molecule has 4 rings (SSSR count). The maximum Gasteiger partial charge on any atom is 0.407 e. The number of aliphatic carboxylic acids is 1. The number of ether oxygens (including phenoxy) is 2. The molecule has 2 aromatic carbocycles. The Balaban J connectivity index is 1.28. The molecule has 174 valence electrons. The smallest absolute Gasteiger partial charge is 0.407 e. The molecule has 0 aromatic heterocycles. The summed E-state index contributed by atoms with van der Waals surface area (Å²) in [4.78, 5) is 35.3. The molecule has 1 aliphatic carbocycles. The number of alkyl carbamates (subject to hydrolysis) is 1. The molecule has 2 aliphatic rings. The molecule has 3 atom stereocenters. The molecule has 9 nitrogen and oxygen atoms in total. The average Bonchev–Trinajstić information content (AvgIpc) is 3.42. The lowest BCUT2D eigenvalue weighted by molar-refractivity contribution is -0.146. The summed E-state index contributed by atoms with van der Waals surface area (Å²) in [5, 5.41) is 23.1. The fourth-order valence-corrected chi connectivity index (χ4v) is 4.38. The van der Waals surface area contributed by atoms with E-state index in [2.05, 4.69) is 22.8 Å². The molecule has 1 heterocycles. The number of rotatable bonds is 8. The second-order valence-corrected chi connectivity index (χ2v) is 8.15. The van der Waals surface area contributed by atoms with E-state index in [4.69, 9.17) is 14.6 Å². The standard InChI is InChI=1S/C24H26N2O7/c27-20(23(29)30)12-25-22(28)21-14(9-10-32-21)11-26-24(31)33-13-19-17-7-3-1-5-15(17)16-6-2-4-8-18(16)19/h1-8,14,19-21,27H,9-13H2,(H,25,28)(H,26,31)(H,29,30)/t14-,20?,21-/m0/s1. The third-order valence-electron chi connectivity index (χ3n) is 6.08. The largest absolute Gasteiger partial charge is 0.479 e. The van der Waals surface area contributed by atoms with Gasteiger partial charge in [-0.2, -0.15) is 0 Å². The summed E-state index contributed by atoms with van der Waals surface area (Å²) in [6.07, 6.45) is -2.54. The molecule has 4 N–H and O–H groups in total. The summed E-state index contributed by atoms with van der Waals surface area (Å²) in [5.41, 5.74) is 4.53. The van der Waals surface area contributed by atoms with Crippen LogP contribution in [0.4, 0.5) is 4.79 Å². The number of carbonyl (C=O) groups is 3. The first kappa shape index (κ1) is 22.8. The number of nitrogens with one attached hydrogen (secondary N) is 2. The van der Waals surface area contributed by atoms with Crippen LogP contribution in [0.15, 0.2) is 48.5 Å². The van der Waals surface area contributed by atoms with Gasteiger partial charge >= 0.3 is 12.1 Å². The molecular formula is C24H26N2O7. The highest BCUT2D eigenvalue weighted by atomic mass is 16.5. The summed E-state index contributed by atoms with van der Waals surface area (Å²) in [5.74, 6) is -2.27. The molecule has 0 bridgehead atoms. The van der Waals surface area contributed by atoms with Crippen LogP contribution in [-0.2, 0) is 19.1 Å². The van der Waals surface area contributed by atoms with Gasteiger partial charge in [0.05, 0.1) is 6.54 Å². The predicted molar refractivity (Wildman–Crippen MR) is 118 cm³/mol. The normalized spacial score (nSPS) is 19.9. The lowest BCUT2D eigenvalue weighted by atomic mass is 9.98. The Morgan fingerprint density at radius 1 is 1.03 bits per heavy atom. The van der Waals surface area contributed by atoms with E-state index in [0.29, 0.717) is 13.0 Å². The van der Waals surface area contributed by atoms with Crippen molar-refractivity contribution in [2.45, 2.75) is 24.5 Å². The number of carbonyl (C=O) groups excluding carboxylic acids is 2. The van der Waals surface area contributed by atoms with Gasteiger partial charge in [0, 0.05) is 25.0 Å². The van der Waals surface area contributed by atoms with E-state index in [-0.39, 0.29) is 25.0 Å². The second-order valence-electron chi connectivity index (χ2n) is 8.15. The van der Waals surface area contributed by atoms with Crippen LogP contribution in [0.1, 0.15) is 23.5 Å². The number of carboxylic acid groups (broad SMARTS) is 1. The number of carboxylic acids is 1. The first-order valence-corrected chi connectivity index (χ1v) is 10.8. The average molecular weight is 454 g/mol. The molecule has 1 aliphatic heterocycles. The minimum absolute atomic E-state index is 0.0443. The Bertz CT molecular complexity index is 995. The Kier molecular flexibility index (Phi) is 6.90. The molecule has 1 fully saturated rings. The first-order chi connectivity index (χ1) is 16.0. The fourth-order valence-electron chi connectivity index (χ4n) is 4.38. The number of aliphatic hydroxyl groups excluding tert-OH is 1. The predicted octanol–water partition coefficient (Wildman–Crippen LogP) is 1.49. The highest BCUT2D eigenvalue weighted by molar-refractivity contribution is 5.82. The number of amides is 2. The monoisotopic (exact) mass is 454 g/mol. The van der Waals surface area contributed by atoms with Gasteiger partial charge in [-0.1, -0.05) is 48.5 Å². The Labute approximate surface area is 190 Å². The van der Waals surface area contributed by atoms with Crippen LogP contribution in [0.5, 0.6) is 0 Å². The van der Waals surface area contributed by atoms with Crippen molar-refractivity contribution in [1.82, 2.24) is 10.6 Å². The maximum absolute atomic E-state index is 12.4. The third-order valence-corrected chi connectivity index (χ3v) is 6.08. The van der Waals surface area contributed by atoms with Crippen LogP contribution >= 0.6 is 0 Å². The van der Waals surface area contributed by atoms with Gasteiger partial charge in [-0.3, -0.25) is 4.79 Å². The van der Waals surface area contributed by atoms with Gasteiger partial charge in [0.2, 0.25) is 5.91 Å². The zero-order valence-corrected chi connectivity index (χ0v) is 17.9. The molecule has 0 saturated carbocycles. The fraction of sp³-hybridized carbons (Fsp3) is 0.375. The molecule has 1 saturated heterocycles. The lowest BCUT2D eigenvalue weighted by Crippen LogP contribution is -2.45. The van der Waals surface area contributed by atoms with Crippen LogP contribution in [0.3, 0.4) is 0 Å². The van der Waals surface area contributed by atoms with Crippen molar-refractivity contribution in [2.24, 2.45) is 5.92 Å². The van der Waals surface area contributed by atoms with Crippen molar-refractivity contribution in [2.75, 3.05) is 26.3 Å². The van der Waals surface area contributed by atoms with Crippen molar-refractivity contribution in [1.29, 1.82) is 0 Å². The van der Waals surface area contributed by atoms with Crippen molar-refractivity contribution >= 4 is 18.0 Å². The molecule has 1 unspecified atom stereocenters. The second kappa shape index (κ2) is 10.0. The topological polar surface area (TPSA) is 134 Å². The number of benzene rings is 2. The SMILES string of the molecule is O=C(NC[C@@H]1CCO[C@@H]1C(=O)NCC(O)C(=O)O)OCC1c2ccccc2-c2ccccc21. The zero-order chi connectivity index (χ0) is 23.4. The minimum atomic E-state index is -1.69. The Morgan fingerprint density at radius 2 is 1.67 bits per heavy atom. The number of aliphatic hydroxyl groups is 1. The van der Waals surface area contributed by atoms with E-state index in [0.717, 1.165) is 22.3 Å². The molecule has 0 radical (unpaired) electrons. The van der Waals surface area contributed by atoms with Crippen molar-refractivity contribution in [3.05, 3.63) is 59.7 Å². The van der Waals surface area contributed by atoms with E-state index in [9.17, 15) is 19.5 Å². The molecule has 0 spiro atoms. The summed E-state index contributed by atoms with van der Waals surface area (Å²) >= 11 is 0. The Hall–Kier alpha value is -3.43. The van der Waals surface area contributed by atoms with E-state index in [1.54, 1.807) is 0 Å². The Morgan fingerprint density at radius 3 is 2.30 bits per heavy atom. The van der Waals surface area contributed by atoms with E-state index < -0.39 is 36.7 Å². The summed E-state index contributed by atoms with van der Waals surface area (Å²) < 4.78 is 10.9. The van der Waals surface area contributed by atoms with E-state index in [1.807, 2.05) is 36.4 Å². The highest BCUT2D eigenvalue weighted by Crippen LogP contribution is 2.44. The van der Waals surface area contributed by atoms with Crippen LogP contribution in [0, 0.1) is 5.92 Å². The lowest BCUT2D eigenvalue weighted by Gasteiger charge is -2.19. The van der Waals surface area contributed by atoms with Crippen LogP contribution < -0.4 is 10.6 Å². The number of hydrogen-bond donors (Lipinski definition) is 4. The van der Waals surface area contributed by atoms with Crippen molar-refractivity contribution < 1.29 is 34.1 Å². The van der Waals surface area contributed by atoms with Gasteiger partial charge in [0.1, 0.15) is 12.7 Å². The van der Waals surface area contributed by atoms with Crippen LogP contribution in [-0.4, -0.2) is 66.7 Å². The quantitative estimate of drug-likeness (QED) is 0.475. The van der Waals surface area contributed by atoms with Crippen LogP contribution in [0.2, 0.25) is 0 Å². The van der Waals surface area contributed by atoms with Gasteiger partial charge in [-0.25, -0.2) is 9.59 Å². The zero-order valence-electron chi connectivity index (χ0n) is 17.9. The molecule has 33 heavy (non-hydrogen) atoms. The summed E-state index contributed by atoms with van der Waals surface area (Å²) in [6.45, 7) is 0.297. The van der Waals surface area contributed by atoms with Gasteiger partial charge < -0.3 is 30.3 Å². The van der Waals surface area contributed by atoms with Crippen molar-refractivity contribution in [3.8, 4) is 11.1 Å². The maximum atomic E-state index is 12.4. The number of hydrogen-bond acceptors (Lipinski definition) is 6. The van der Waals surface area contributed by atoms with E-state index in [1.165, 1.54) is 0 Å². The van der Waals surface area contributed by atoms with E-state index >= 15 is 0 Å². The van der Waals surface area contributed by atoms with Gasteiger partial charge in [0.15, 0.2) is 6.10 Å². The summed E-state index contributed by atoms with van der Waals surface area (Å²) in [7, 11) is 0. The van der Waals surface area contributed by atoms with Gasteiger partial charge in [0.25, 0.3) is 0 Å². The molecule has 2 amide bonds. The molecule has 2 aromatic rings. The van der Waals surface area contributed by atoms with Gasteiger partial charge in [-0.05, 0) is 28.7 Å². The van der Waals surface area contributed by atoms with Crippen molar-refractivity contribution in [3.63, 3.8) is 0 Å². The third kappa shape index (κ3) is 4.99. The highest BCUT2D eigenvalue weighted by Gasteiger charge is 2.35. The first-order valence-electron chi connectivity index (χ1n) is 10.8. The van der Waals surface area contributed by atoms with Crippen LogP contribution in [0.25, 0.3) is 11.1 Å². The minimum Gasteiger partial charge on any atom is -0.479 e.